The molecule has 0 unspecified atom stereocenters. The summed E-state index contributed by atoms with van der Waals surface area (Å²) >= 11 is 6.20. The SMILES string of the molecule is COC(=O)Nc1ccc2c(c1)NC(=O)C[C@H](C)/C=C/C[C@H](NC(=O)/C=C/c1cc(Cl)ccc1-n1cnnn1)c1ncc-2[nH]1. The highest BCUT2D eigenvalue weighted by Gasteiger charge is 2.20. The number of nitrogens with one attached hydrogen (secondary N) is 4. The predicted octanol–water partition coefficient (Wildman–Crippen LogP) is 4.68. The Bertz CT molecular complexity index is 1700. The lowest BCUT2D eigenvalue weighted by Gasteiger charge is -2.14. The molecular weight excluding hydrogens is 574 g/mol. The molecule has 43 heavy (non-hydrogen) atoms. The number of hydrogen-bond donors (Lipinski definition) is 4. The van der Waals surface area contributed by atoms with Crippen molar-refractivity contribution in [2.24, 2.45) is 5.92 Å². The molecule has 14 heteroatoms. The third-order valence-corrected chi connectivity index (χ3v) is 6.84. The Morgan fingerprint density at radius 2 is 2.07 bits per heavy atom. The van der Waals surface area contributed by atoms with Crippen LogP contribution < -0.4 is 16.0 Å². The van der Waals surface area contributed by atoms with Gasteiger partial charge in [0, 0.05) is 34.3 Å². The Labute approximate surface area is 251 Å². The lowest BCUT2D eigenvalue weighted by molar-refractivity contribution is -0.117. The molecule has 13 nitrogen and oxygen atoms in total. The first-order valence-corrected chi connectivity index (χ1v) is 13.7. The number of fused-ring (bicyclic) bond motifs is 4. The van der Waals surface area contributed by atoms with E-state index in [0.29, 0.717) is 51.2 Å². The highest BCUT2D eigenvalue weighted by molar-refractivity contribution is 6.30. The molecule has 3 amide bonds. The lowest BCUT2D eigenvalue weighted by Crippen LogP contribution is -2.27. The number of amides is 3. The molecule has 1 aliphatic rings. The van der Waals surface area contributed by atoms with Gasteiger partial charge in [-0.25, -0.2) is 9.78 Å². The van der Waals surface area contributed by atoms with E-state index in [-0.39, 0.29) is 24.2 Å². The summed E-state index contributed by atoms with van der Waals surface area (Å²) in [6, 6.07) is 9.77. The normalized spacial score (nSPS) is 17.5. The van der Waals surface area contributed by atoms with Crippen molar-refractivity contribution in [1.82, 2.24) is 35.5 Å². The zero-order chi connectivity index (χ0) is 30.3. The zero-order valence-corrected chi connectivity index (χ0v) is 24.0. The number of anilines is 2. The Hall–Kier alpha value is -5.30. The molecular formula is C29H28ClN9O4. The first-order valence-electron chi connectivity index (χ1n) is 13.3. The van der Waals surface area contributed by atoms with Gasteiger partial charge in [-0.1, -0.05) is 30.7 Å². The number of allylic oxidation sites excluding steroid dienone is 1. The number of rotatable bonds is 5. The van der Waals surface area contributed by atoms with Gasteiger partial charge in [-0.15, -0.1) is 5.10 Å². The standard InChI is InChI=1S/C29H28ClN9O4/c1-17-4-3-5-22(34-26(40)11-6-18-13-19(30)7-10-25(18)39-16-32-37-38-39)28-31-15-24(36-28)21-9-8-20(33-29(42)43-2)14-23(21)35-27(41)12-17/h3-4,6-11,13-17,22H,5,12H2,1-2H3,(H,31,36)(H,33,42)(H,34,40)(H,35,41)/b4-3+,11-6+/t17-,22+/m1/s1. The van der Waals surface area contributed by atoms with Crippen LogP contribution in [0.1, 0.15) is 37.2 Å². The van der Waals surface area contributed by atoms with E-state index in [4.69, 9.17) is 11.6 Å². The van der Waals surface area contributed by atoms with E-state index in [1.807, 2.05) is 19.1 Å². The molecule has 1 aliphatic heterocycles. The quantitative estimate of drug-likeness (QED) is 0.189. The van der Waals surface area contributed by atoms with Crippen molar-refractivity contribution in [3.63, 3.8) is 0 Å². The number of H-pyrrole nitrogens is 1. The summed E-state index contributed by atoms with van der Waals surface area (Å²) < 4.78 is 6.16. The number of imidazole rings is 1. The van der Waals surface area contributed by atoms with Crippen LogP contribution in [-0.2, 0) is 14.3 Å². The van der Waals surface area contributed by atoms with Crippen LogP contribution in [0.4, 0.5) is 16.2 Å². The van der Waals surface area contributed by atoms with E-state index < -0.39 is 12.1 Å². The van der Waals surface area contributed by atoms with Crippen molar-refractivity contribution in [2.45, 2.75) is 25.8 Å². The predicted molar refractivity (Wildman–Crippen MR) is 160 cm³/mol. The summed E-state index contributed by atoms with van der Waals surface area (Å²) in [5.74, 6) is -0.0908. The molecule has 0 saturated heterocycles. The van der Waals surface area contributed by atoms with Crippen molar-refractivity contribution in [3.8, 4) is 16.9 Å². The van der Waals surface area contributed by atoms with Gasteiger partial charge in [-0.2, -0.15) is 4.68 Å². The van der Waals surface area contributed by atoms with Gasteiger partial charge in [0.1, 0.15) is 12.2 Å². The van der Waals surface area contributed by atoms with Crippen LogP contribution in [0.3, 0.4) is 0 Å². The number of carbonyl (C=O) groups is 3. The van der Waals surface area contributed by atoms with Gasteiger partial charge < -0.3 is 20.4 Å². The van der Waals surface area contributed by atoms with Gasteiger partial charge in [-0.3, -0.25) is 14.9 Å². The van der Waals surface area contributed by atoms with Crippen LogP contribution in [0.15, 0.2) is 67.2 Å². The van der Waals surface area contributed by atoms with E-state index in [1.54, 1.807) is 48.7 Å². The van der Waals surface area contributed by atoms with Crippen LogP contribution in [0.2, 0.25) is 5.02 Å². The number of nitrogens with zero attached hydrogens (tertiary/aromatic N) is 5. The third kappa shape index (κ3) is 7.32. The maximum absolute atomic E-state index is 13.1. The van der Waals surface area contributed by atoms with Gasteiger partial charge >= 0.3 is 6.09 Å². The Kier molecular flexibility index (Phi) is 8.91. The maximum atomic E-state index is 13.1. The number of halogens is 1. The highest BCUT2D eigenvalue weighted by Crippen LogP contribution is 2.32. The Balaban J connectivity index is 1.42. The molecule has 2 atom stereocenters. The van der Waals surface area contributed by atoms with Crippen LogP contribution in [0, 0.1) is 5.92 Å². The maximum Gasteiger partial charge on any atom is 0.411 e. The van der Waals surface area contributed by atoms with E-state index >= 15 is 0 Å². The molecule has 0 saturated carbocycles. The lowest BCUT2D eigenvalue weighted by atomic mass is 10.0. The van der Waals surface area contributed by atoms with E-state index in [2.05, 4.69) is 46.2 Å². The van der Waals surface area contributed by atoms with E-state index in [0.717, 1.165) is 0 Å². The van der Waals surface area contributed by atoms with Crippen molar-refractivity contribution < 1.29 is 19.1 Å². The molecule has 4 N–H and O–H groups in total. The average Bonchev–Trinajstić information content (AvgIpc) is 3.68. The first-order chi connectivity index (χ1) is 20.8. The van der Waals surface area contributed by atoms with Crippen LogP contribution in [0.25, 0.3) is 23.0 Å². The minimum Gasteiger partial charge on any atom is -0.453 e. The molecule has 2 aromatic carbocycles. The second-order valence-corrected chi connectivity index (χ2v) is 10.2. The molecule has 3 heterocycles. The topological polar surface area (TPSA) is 169 Å². The number of aromatic nitrogens is 6. The number of methoxy groups -OCH3 is 1. The fourth-order valence-corrected chi connectivity index (χ4v) is 4.73. The monoisotopic (exact) mass is 601 g/mol. The number of aromatic amines is 1. The molecule has 2 bridgehead atoms. The molecule has 2 aromatic heterocycles. The van der Waals surface area contributed by atoms with E-state index in [1.165, 1.54) is 24.2 Å². The van der Waals surface area contributed by atoms with Crippen molar-refractivity contribution >= 4 is 47.0 Å². The third-order valence-electron chi connectivity index (χ3n) is 6.60. The van der Waals surface area contributed by atoms with Gasteiger partial charge in [0.05, 0.1) is 36.4 Å². The smallest absolute Gasteiger partial charge is 0.411 e. The van der Waals surface area contributed by atoms with Crippen LogP contribution in [-0.4, -0.2) is 55.2 Å². The second-order valence-electron chi connectivity index (χ2n) is 9.80. The summed E-state index contributed by atoms with van der Waals surface area (Å²) in [5.41, 5.74) is 3.50. The Morgan fingerprint density at radius 3 is 2.86 bits per heavy atom. The van der Waals surface area contributed by atoms with E-state index in [9.17, 15) is 14.4 Å². The largest absolute Gasteiger partial charge is 0.453 e. The highest BCUT2D eigenvalue weighted by atomic mass is 35.5. The number of benzene rings is 2. The molecule has 5 rings (SSSR count). The minimum absolute atomic E-state index is 0.0735. The summed E-state index contributed by atoms with van der Waals surface area (Å²) in [7, 11) is 1.27. The molecule has 220 valence electrons. The summed E-state index contributed by atoms with van der Waals surface area (Å²) in [4.78, 5) is 45.6. The number of ether oxygens (including phenoxy) is 1. The molecule has 0 aliphatic carbocycles. The summed E-state index contributed by atoms with van der Waals surface area (Å²) in [6.07, 6.45) is 10.0. The fraction of sp³-hybridized carbons (Fsp3) is 0.207. The molecule has 0 fully saturated rings. The molecule has 0 spiro atoms. The van der Waals surface area contributed by atoms with Crippen molar-refractivity contribution in [3.05, 3.63) is 83.6 Å². The fourth-order valence-electron chi connectivity index (χ4n) is 4.55. The average molecular weight is 602 g/mol. The first kappa shape index (κ1) is 29.2. The summed E-state index contributed by atoms with van der Waals surface area (Å²) in [6.45, 7) is 1.93. The van der Waals surface area contributed by atoms with Crippen molar-refractivity contribution in [2.75, 3.05) is 17.7 Å². The number of carbonyl (C=O) groups excluding carboxylic acids is 3. The van der Waals surface area contributed by atoms with Crippen LogP contribution >= 0.6 is 11.6 Å². The number of tetrazole rings is 1. The zero-order valence-electron chi connectivity index (χ0n) is 23.2. The summed E-state index contributed by atoms with van der Waals surface area (Å²) in [5, 5.41) is 20.3. The minimum atomic E-state index is -0.631. The van der Waals surface area contributed by atoms with Gasteiger partial charge in [0.2, 0.25) is 11.8 Å². The van der Waals surface area contributed by atoms with Gasteiger partial charge in [0.15, 0.2) is 0 Å². The van der Waals surface area contributed by atoms with Crippen molar-refractivity contribution in [1.29, 1.82) is 0 Å². The number of hydrogen-bond acceptors (Lipinski definition) is 8. The molecule has 0 radical (unpaired) electrons. The molecule has 4 aromatic rings. The Morgan fingerprint density at radius 1 is 1.21 bits per heavy atom. The second kappa shape index (κ2) is 13.1. The van der Waals surface area contributed by atoms with Gasteiger partial charge in [-0.05, 0) is 65.2 Å². The van der Waals surface area contributed by atoms with Crippen LogP contribution in [0.5, 0.6) is 0 Å². The van der Waals surface area contributed by atoms with Gasteiger partial charge in [0.25, 0.3) is 0 Å².